The van der Waals surface area contributed by atoms with Crippen LogP contribution in [0.5, 0.6) is 0 Å². The van der Waals surface area contributed by atoms with E-state index in [4.69, 9.17) is 21.1 Å². The van der Waals surface area contributed by atoms with Crippen LogP contribution in [0.15, 0.2) is 16.9 Å². The van der Waals surface area contributed by atoms with E-state index in [1.54, 1.807) is 6.92 Å². The minimum absolute atomic E-state index is 0.516. The molecule has 0 aromatic heterocycles. The number of carbonyl (C=O) groups excluding carboxylic acids is 1. The molecule has 20 heavy (non-hydrogen) atoms. The van der Waals surface area contributed by atoms with Gasteiger partial charge in [-0.15, -0.1) is 0 Å². The number of carbonyl (C=O) groups is 1. The Balaban J connectivity index is 2.25. The molecule has 0 saturated carbocycles. The van der Waals surface area contributed by atoms with E-state index >= 15 is 0 Å². The lowest BCUT2D eigenvalue weighted by Gasteiger charge is -2.33. The van der Waals surface area contributed by atoms with Crippen molar-refractivity contribution in [2.45, 2.75) is 37.6 Å². The number of nitrogens with zero attached hydrogens (tertiary/aromatic N) is 4. The zero-order chi connectivity index (χ0) is 14.9. The highest BCUT2D eigenvalue weighted by Gasteiger charge is 2.48. The summed E-state index contributed by atoms with van der Waals surface area (Å²) in [5.74, 6) is 0. The van der Waals surface area contributed by atoms with Gasteiger partial charge < -0.3 is 20.9 Å². The Hall–Kier alpha value is -1.87. The highest BCUT2D eigenvalue weighted by molar-refractivity contribution is 5.77. The number of urea groups is 1. The molecule has 10 heteroatoms. The molecule has 5 atom stereocenters. The molecule has 1 saturated heterocycles. The Labute approximate surface area is 113 Å². The fraction of sp³-hybridized carbons (Fsp3) is 0.700. The number of azide groups is 1. The lowest BCUT2D eigenvalue weighted by atomic mass is 10.1. The van der Waals surface area contributed by atoms with Crippen molar-refractivity contribution in [3.8, 4) is 0 Å². The van der Waals surface area contributed by atoms with Crippen LogP contribution in [0.25, 0.3) is 10.4 Å². The van der Waals surface area contributed by atoms with E-state index in [0.717, 1.165) is 4.90 Å². The van der Waals surface area contributed by atoms with Crippen molar-refractivity contribution in [3.63, 3.8) is 0 Å². The third-order valence-electron chi connectivity index (χ3n) is 3.28. The van der Waals surface area contributed by atoms with E-state index in [2.05, 4.69) is 15.3 Å². The van der Waals surface area contributed by atoms with Gasteiger partial charge in [-0.3, -0.25) is 4.90 Å². The number of amides is 2. The van der Waals surface area contributed by atoms with Gasteiger partial charge in [0.15, 0.2) is 12.4 Å². The van der Waals surface area contributed by atoms with E-state index in [9.17, 15) is 9.18 Å². The highest BCUT2D eigenvalue weighted by Crippen LogP contribution is 2.30. The van der Waals surface area contributed by atoms with Gasteiger partial charge in [0.05, 0.1) is 12.7 Å². The van der Waals surface area contributed by atoms with Crippen molar-refractivity contribution in [3.05, 3.63) is 22.2 Å². The van der Waals surface area contributed by atoms with Crippen LogP contribution in [-0.4, -0.2) is 53.4 Å². The molecule has 1 unspecified atom stereocenters. The Bertz CT molecular complexity index is 480. The lowest BCUT2D eigenvalue weighted by molar-refractivity contribution is -0.0531. The summed E-state index contributed by atoms with van der Waals surface area (Å²) in [6.45, 7) is 1.16. The van der Waals surface area contributed by atoms with E-state index in [1.807, 2.05) is 0 Å². The predicted molar refractivity (Wildman–Crippen MR) is 65.7 cm³/mol. The number of ether oxygens (including phenoxy) is 1. The monoisotopic (exact) mass is 286 g/mol. The number of aliphatic hydroxyl groups is 1. The van der Waals surface area contributed by atoms with Gasteiger partial charge in [0, 0.05) is 11.1 Å². The molecule has 0 spiro atoms. The standard InChI is InChI=1S/C10H15FN6O3/c1-4-2-17(10(19)14-8(4)12)9-6(11)7(15-16-13)5(3-18)20-9/h2,5-9,18H,3,12H2,1H3,(H,14,19)/t5-,6-,7-,8?,9-/m1/s1. The van der Waals surface area contributed by atoms with Crippen LogP contribution in [0.4, 0.5) is 9.18 Å². The third-order valence-corrected chi connectivity index (χ3v) is 3.28. The minimum Gasteiger partial charge on any atom is -0.394 e. The topological polar surface area (TPSA) is 137 Å². The number of rotatable bonds is 3. The molecule has 4 N–H and O–H groups in total. The number of hydrogen-bond donors (Lipinski definition) is 3. The van der Waals surface area contributed by atoms with Gasteiger partial charge >= 0.3 is 6.03 Å². The maximum Gasteiger partial charge on any atom is 0.325 e. The first-order valence-electron chi connectivity index (χ1n) is 5.97. The van der Waals surface area contributed by atoms with Crippen LogP contribution >= 0.6 is 0 Å². The zero-order valence-corrected chi connectivity index (χ0v) is 10.7. The molecular weight excluding hydrogens is 271 g/mol. The van der Waals surface area contributed by atoms with Gasteiger partial charge in [-0.1, -0.05) is 5.11 Å². The molecule has 0 aromatic carbocycles. The Morgan fingerprint density at radius 2 is 2.45 bits per heavy atom. The van der Waals surface area contributed by atoms with Crippen LogP contribution in [0.2, 0.25) is 0 Å². The minimum atomic E-state index is -1.74. The van der Waals surface area contributed by atoms with E-state index in [1.165, 1.54) is 6.20 Å². The molecular formula is C10H15FN6O3. The summed E-state index contributed by atoms with van der Waals surface area (Å²) in [7, 11) is 0. The van der Waals surface area contributed by atoms with Gasteiger partial charge in [-0.05, 0) is 18.0 Å². The van der Waals surface area contributed by atoms with Crippen LogP contribution in [0.1, 0.15) is 6.92 Å². The summed E-state index contributed by atoms with van der Waals surface area (Å²) in [4.78, 5) is 15.4. The van der Waals surface area contributed by atoms with Crippen LogP contribution in [0, 0.1) is 0 Å². The van der Waals surface area contributed by atoms with Crippen molar-refractivity contribution in [2.24, 2.45) is 10.8 Å². The molecule has 0 aromatic rings. The molecule has 0 radical (unpaired) electrons. The number of alkyl halides is 1. The molecule has 0 aliphatic carbocycles. The molecule has 110 valence electrons. The summed E-state index contributed by atoms with van der Waals surface area (Å²) >= 11 is 0. The molecule has 2 aliphatic heterocycles. The van der Waals surface area contributed by atoms with Crippen molar-refractivity contribution in [1.82, 2.24) is 10.2 Å². The van der Waals surface area contributed by atoms with E-state index < -0.39 is 43.3 Å². The van der Waals surface area contributed by atoms with Gasteiger partial charge in [0.25, 0.3) is 0 Å². The maximum absolute atomic E-state index is 14.3. The largest absolute Gasteiger partial charge is 0.394 e. The van der Waals surface area contributed by atoms with Crippen molar-refractivity contribution >= 4 is 6.03 Å². The first-order chi connectivity index (χ1) is 9.49. The number of nitrogens with one attached hydrogen (secondary N) is 1. The second-order valence-electron chi connectivity index (χ2n) is 4.60. The Kier molecular flexibility index (Phi) is 4.09. The van der Waals surface area contributed by atoms with Crippen molar-refractivity contribution in [2.75, 3.05) is 6.61 Å². The molecule has 2 heterocycles. The molecule has 0 bridgehead atoms. The fourth-order valence-electron chi connectivity index (χ4n) is 2.14. The Morgan fingerprint density at radius 1 is 1.75 bits per heavy atom. The maximum atomic E-state index is 14.3. The fourth-order valence-corrected chi connectivity index (χ4v) is 2.14. The van der Waals surface area contributed by atoms with Crippen LogP contribution in [0.3, 0.4) is 0 Å². The zero-order valence-electron chi connectivity index (χ0n) is 10.7. The molecule has 1 fully saturated rings. The number of hydrogen-bond acceptors (Lipinski definition) is 5. The van der Waals surface area contributed by atoms with Crippen LogP contribution in [-0.2, 0) is 4.74 Å². The normalized spacial score (nSPS) is 37.2. The number of aliphatic hydroxyl groups excluding tert-OH is 1. The predicted octanol–water partition coefficient (Wildman–Crippen LogP) is -0.0656. The van der Waals surface area contributed by atoms with Crippen molar-refractivity contribution < 1.29 is 19.0 Å². The smallest absolute Gasteiger partial charge is 0.325 e. The average Bonchev–Trinajstić information content (AvgIpc) is 2.72. The van der Waals surface area contributed by atoms with E-state index in [-0.39, 0.29) is 0 Å². The quantitative estimate of drug-likeness (QED) is 0.380. The first kappa shape index (κ1) is 14.5. The highest BCUT2D eigenvalue weighted by atomic mass is 19.1. The molecule has 2 aliphatic rings. The SMILES string of the molecule is CC1=CN([C@@H]2O[C@H](CO)[C@@H](N=[N+]=[N-])[C@H]2F)C(=O)NC1N. The summed E-state index contributed by atoms with van der Waals surface area (Å²) in [5.41, 5.74) is 14.7. The molecule has 9 nitrogen and oxygen atoms in total. The van der Waals surface area contributed by atoms with Crippen LogP contribution < -0.4 is 11.1 Å². The summed E-state index contributed by atoms with van der Waals surface area (Å²) in [5, 5.41) is 14.8. The van der Waals surface area contributed by atoms with Gasteiger partial charge in [-0.2, -0.15) is 0 Å². The summed E-state index contributed by atoms with van der Waals surface area (Å²) in [6, 6.07) is -1.80. The molecule has 2 rings (SSSR count). The summed E-state index contributed by atoms with van der Waals surface area (Å²) in [6.07, 6.45) is -3.27. The number of halogens is 1. The van der Waals surface area contributed by atoms with Gasteiger partial charge in [-0.25, -0.2) is 9.18 Å². The van der Waals surface area contributed by atoms with E-state index in [0.29, 0.717) is 5.57 Å². The van der Waals surface area contributed by atoms with Gasteiger partial charge in [0.1, 0.15) is 12.2 Å². The molecule has 2 amide bonds. The summed E-state index contributed by atoms with van der Waals surface area (Å²) < 4.78 is 19.5. The second kappa shape index (κ2) is 5.63. The first-order valence-corrected chi connectivity index (χ1v) is 5.97. The van der Waals surface area contributed by atoms with Crippen molar-refractivity contribution in [1.29, 1.82) is 0 Å². The number of nitrogens with two attached hydrogens (primary N) is 1. The second-order valence-corrected chi connectivity index (χ2v) is 4.60. The lowest BCUT2D eigenvalue weighted by Crippen LogP contribution is -2.56. The van der Waals surface area contributed by atoms with Gasteiger partial charge in [0.2, 0.25) is 0 Å². The Morgan fingerprint density at radius 3 is 3.05 bits per heavy atom. The third kappa shape index (κ3) is 2.41. The average molecular weight is 286 g/mol.